The van der Waals surface area contributed by atoms with Crippen molar-refractivity contribution in [1.29, 1.82) is 0 Å². The zero-order valence-electron chi connectivity index (χ0n) is 14.3. The van der Waals surface area contributed by atoms with E-state index in [0.29, 0.717) is 18.5 Å². The van der Waals surface area contributed by atoms with Crippen molar-refractivity contribution in [1.82, 2.24) is 5.32 Å². The molecule has 0 unspecified atom stereocenters. The SMILES string of the molecule is Cc1ccc(C(=O)N[C@@H]2CCN(c3ccc(C)c(C)c3)C2=O)cc1. The summed E-state index contributed by atoms with van der Waals surface area (Å²) in [7, 11) is 0. The molecule has 1 aliphatic rings. The van der Waals surface area contributed by atoms with Crippen LogP contribution in [0.5, 0.6) is 0 Å². The fourth-order valence-electron chi connectivity index (χ4n) is 2.91. The molecule has 0 bridgehead atoms. The molecule has 0 spiro atoms. The number of nitrogens with one attached hydrogen (secondary N) is 1. The minimum absolute atomic E-state index is 0.0429. The molecule has 4 heteroatoms. The van der Waals surface area contributed by atoms with Crippen LogP contribution < -0.4 is 10.2 Å². The van der Waals surface area contributed by atoms with Crippen LogP contribution in [-0.4, -0.2) is 24.4 Å². The summed E-state index contributed by atoms with van der Waals surface area (Å²) in [5, 5.41) is 2.86. The second-order valence-electron chi connectivity index (χ2n) is 6.44. The van der Waals surface area contributed by atoms with Crippen molar-refractivity contribution < 1.29 is 9.59 Å². The molecular formula is C20H22N2O2. The van der Waals surface area contributed by atoms with Crippen LogP contribution in [0.15, 0.2) is 42.5 Å². The first kappa shape index (κ1) is 16.2. The summed E-state index contributed by atoms with van der Waals surface area (Å²) < 4.78 is 0. The van der Waals surface area contributed by atoms with Crippen LogP contribution in [-0.2, 0) is 4.79 Å². The lowest BCUT2D eigenvalue weighted by Crippen LogP contribution is -2.41. The van der Waals surface area contributed by atoms with Gasteiger partial charge >= 0.3 is 0 Å². The molecule has 124 valence electrons. The highest BCUT2D eigenvalue weighted by molar-refractivity contribution is 6.03. The molecule has 24 heavy (non-hydrogen) atoms. The van der Waals surface area contributed by atoms with Crippen molar-refractivity contribution in [3.63, 3.8) is 0 Å². The predicted octanol–water partition coefficient (Wildman–Crippen LogP) is 3.15. The maximum Gasteiger partial charge on any atom is 0.251 e. The van der Waals surface area contributed by atoms with Gasteiger partial charge in [0.05, 0.1) is 0 Å². The van der Waals surface area contributed by atoms with E-state index in [9.17, 15) is 9.59 Å². The number of amides is 2. The number of anilines is 1. The highest BCUT2D eigenvalue weighted by atomic mass is 16.2. The molecule has 0 saturated carbocycles. The minimum Gasteiger partial charge on any atom is -0.340 e. The van der Waals surface area contributed by atoms with Crippen LogP contribution in [0.1, 0.15) is 33.5 Å². The van der Waals surface area contributed by atoms with Gasteiger partial charge in [0.15, 0.2) is 0 Å². The number of nitrogens with zero attached hydrogens (tertiary/aromatic N) is 1. The number of hydrogen-bond acceptors (Lipinski definition) is 2. The summed E-state index contributed by atoms with van der Waals surface area (Å²) in [6, 6.07) is 12.9. The Hall–Kier alpha value is -2.62. The van der Waals surface area contributed by atoms with Crippen molar-refractivity contribution in [3.05, 3.63) is 64.7 Å². The normalized spacial score (nSPS) is 17.2. The lowest BCUT2D eigenvalue weighted by molar-refractivity contribution is -0.118. The third kappa shape index (κ3) is 3.18. The summed E-state index contributed by atoms with van der Waals surface area (Å²) in [6.07, 6.45) is 0.628. The van der Waals surface area contributed by atoms with E-state index in [0.717, 1.165) is 16.8 Å². The molecule has 2 aromatic rings. The first-order valence-electron chi connectivity index (χ1n) is 8.22. The van der Waals surface area contributed by atoms with E-state index in [1.54, 1.807) is 17.0 Å². The van der Waals surface area contributed by atoms with Crippen LogP contribution in [0.4, 0.5) is 5.69 Å². The maximum atomic E-state index is 12.6. The quantitative estimate of drug-likeness (QED) is 0.944. The van der Waals surface area contributed by atoms with Gasteiger partial charge in [0.1, 0.15) is 6.04 Å². The summed E-state index contributed by atoms with van der Waals surface area (Å²) in [5.41, 5.74) is 4.94. The lowest BCUT2D eigenvalue weighted by Gasteiger charge is -2.18. The summed E-state index contributed by atoms with van der Waals surface area (Å²) in [5.74, 6) is -0.242. The standard InChI is InChI=1S/C20H22N2O2/c1-13-4-7-16(8-5-13)19(23)21-18-10-11-22(20(18)24)17-9-6-14(2)15(3)12-17/h4-9,12,18H,10-11H2,1-3H3,(H,21,23)/t18-/m1/s1. The van der Waals surface area contributed by atoms with E-state index in [1.165, 1.54) is 5.56 Å². The molecule has 0 aliphatic carbocycles. The summed E-state index contributed by atoms with van der Waals surface area (Å²) in [4.78, 5) is 26.7. The van der Waals surface area contributed by atoms with Gasteiger partial charge < -0.3 is 10.2 Å². The van der Waals surface area contributed by atoms with Gasteiger partial charge in [-0.2, -0.15) is 0 Å². The van der Waals surface area contributed by atoms with E-state index >= 15 is 0 Å². The van der Waals surface area contributed by atoms with E-state index in [4.69, 9.17) is 0 Å². The Morgan fingerprint density at radius 3 is 2.42 bits per heavy atom. The highest BCUT2D eigenvalue weighted by Crippen LogP contribution is 2.24. The van der Waals surface area contributed by atoms with Gasteiger partial charge in [-0.05, 0) is 62.6 Å². The Bertz CT molecular complexity index is 781. The van der Waals surface area contributed by atoms with Gasteiger partial charge in [0.2, 0.25) is 5.91 Å². The Morgan fingerprint density at radius 1 is 1.04 bits per heavy atom. The number of carbonyl (C=O) groups is 2. The van der Waals surface area contributed by atoms with Gasteiger partial charge in [0, 0.05) is 17.8 Å². The zero-order valence-corrected chi connectivity index (χ0v) is 14.3. The summed E-state index contributed by atoms with van der Waals surface area (Å²) in [6.45, 7) is 6.69. The largest absolute Gasteiger partial charge is 0.340 e. The third-order valence-electron chi connectivity index (χ3n) is 4.63. The smallest absolute Gasteiger partial charge is 0.251 e. The fourth-order valence-corrected chi connectivity index (χ4v) is 2.91. The molecule has 0 radical (unpaired) electrons. The van der Waals surface area contributed by atoms with Crippen molar-refractivity contribution in [2.24, 2.45) is 0 Å². The first-order valence-corrected chi connectivity index (χ1v) is 8.22. The van der Waals surface area contributed by atoms with Crippen molar-refractivity contribution >= 4 is 17.5 Å². The second kappa shape index (κ2) is 6.48. The zero-order chi connectivity index (χ0) is 17.3. The van der Waals surface area contributed by atoms with Crippen LogP contribution in [0, 0.1) is 20.8 Å². The molecule has 2 aromatic carbocycles. The predicted molar refractivity (Wildman–Crippen MR) is 95.3 cm³/mol. The monoisotopic (exact) mass is 322 g/mol. The number of benzene rings is 2. The Morgan fingerprint density at radius 2 is 1.75 bits per heavy atom. The van der Waals surface area contributed by atoms with Crippen LogP contribution in [0.3, 0.4) is 0 Å². The second-order valence-corrected chi connectivity index (χ2v) is 6.44. The third-order valence-corrected chi connectivity index (χ3v) is 4.63. The average Bonchev–Trinajstić information content (AvgIpc) is 2.91. The topological polar surface area (TPSA) is 49.4 Å². The highest BCUT2D eigenvalue weighted by Gasteiger charge is 2.33. The molecule has 1 heterocycles. The summed E-state index contributed by atoms with van der Waals surface area (Å²) >= 11 is 0. The number of aryl methyl sites for hydroxylation is 3. The van der Waals surface area contributed by atoms with Crippen LogP contribution >= 0.6 is 0 Å². The molecule has 4 nitrogen and oxygen atoms in total. The Labute approximate surface area is 142 Å². The minimum atomic E-state index is -0.458. The molecule has 1 N–H and O–H groups in total. The van der Waals surface area contributed by atoms with E-state index in [-0.39, 0.29) is 11.8 Å². The van der Waals surface area contributed by atoms with Crippen LogP contribution in [0.2, 0.25) is 0 Å². The van der Waals surface area contributed by atoms with E-state index in [2.05, 4.69) is 12.2 Å². The number of hydrogen-bond donors (Lipinski definition) is 1. The van der Waals surface area contributed by atoms with Crippen LogP contribution in [0.25, 0.3) is 0 Å². The van der Waals surface area contributed by atoms with Gasteiger partial charge in [-0.15, -0.1) is 0 Å². The first-order chi connectivity index (χ1) is 11.5. The number of rotatable bonds is 3. The molecule has 0 aromatic heterocycles. The van der Waals surface area contributed by atoms with Crippen molar-refractivity contribution in [2.45, 2.75) is 33.2 Å². The van der Waals surface area contributed by atoms with E-state index < -0.39 is 6.04 Å². The average molecular weight is 322 g/mol. The van der Waals surface area contributed by atoms with Gasteiger partial charge in [0.25, 0.3) is 5.91 Å². The molecule has 2 amide bonds. The molecule has 1 saturated heterocycles. The molecule has 3 rings (SSSR count). The van der Waals surface area contributed by atoms with Crippen molar-refractivity contribution in [2.75, 3.05) is 11.4 Å². The molecule has 1 atom stereocenters. The van der Waals surface area contributed by atoms with Gasteiger partial charge in [-0.1, -0.05) is 23.8 Å². The van der Waals surface area contributed by atoms with Crippen molar-refractivity contribution in [3.8, 4) is 0 Å². The molecule has 1 fully saturated rings. The molecule has 1 aliphatic heterocycles. The maximum absolute atomic E-state index is 12.6. The Kier molecular flexibility index (Phi) is 4.38. The number of carbonyl (C=O) groups excluding carboxylic acids is 2. The Balaban J connectivity index is 1.70. The lowest BCUT2D eigenvalue weighted by atomic mass is 10.1. The van der Waals surface area contributed by atoms with Gasteiger partial charge in [-0.3, -0.25) is 9.59 Å². The van der Waals surface area contributed by atoms with Gasteiger partial charge in [-0.25, -0.2) is 0 Å². The molecular weight excluding hydrogens is 300 g/mol. The fraction of sp³-hybridized carbons (Fsp3) is 0.300. The van der Waals surface area contributed by atoms with E-state index in [1.807, 2.05) is 44.2 Å².